The van der Waals surface area contributed by atoms with Gasteiger partial charge in [-0.3, -0.25) is 4.72 Å². The third kappa shape index (κ3) is 5.32. The summed E-state index contributed by atoms with van der Waals surface area (Å²) in [7, 11) is -3.62. The molecule has 1 heterocycles. The Hall–Kier alpha value is -2.84. The maximum absolute atomic E-state index is 12.4. The molecule has 0 atom stereocenters. The number of nitrogens with one attached hydrogen (secondary N) is 3. The number of rotatable bonds is 6. The molecule has 0 unspecified atom stereocenters. The number of aryl methyl sites for hydroxylation is 1. The van der Waals surface area contributed by atoms with Crippen LogP contribution in [0.1, 0.15) is 11.3 Å². The number of hydrogen-bond acceptors (Lipinski definition) is 4. The largest absolute Gasteiger partial charge is 0.467 e. The van der Waals surface area contributed by atoms with Gasteiger partial charge in [0.2, 0.25) is 0 Å². The predicted octanol–water partition coefficient (Wildman–Crippen LogP) is 3.88. The normalized spacial score (nSPS) is 11.0. The van der Waals surface area contributed by atoms with E-state index in [1.807, 2.05) is 19.1 Å². The molecule has 0 bridgehead atoms. The highest BCUT2D eigenvalue weighted by molar-refractivity contribution is 7.92. The topological polar surface area (TPSA) is 83.4 Å². The molecular formula is C19H19N3O3S2. The number of furan rings is 1. The van der Waals surface area contributed by atoms with Crippen LogP contribution >= 0.6 is 12.2 Å². The van der Waals surface area contributed by atoms with Crippen LogP contribution in [0.5, 0.6) is 0 Å². The summed E-state index contributed by atoms with van der Waals surface area (Å²) < 4.78 is 32.6. The quantitative estimate of drug-likeness (QED) is 0.544. The van der Waals surface area contributed by atoms with Crippen LogP contribution in [0, 0.1) is 6.92 Å². The van der Waals surface area contributed by atoms with E-state index in [0.717, 1.165) is 17.0 Å². The summed E-state index contributed by atoms with van der Waals surface area (Å²) >= 11 is 5.23. The van der Waals surface area contributed by atoms with Crippen molar-refractivity contribution in [2.75, 3.05) is 10.0 Å². The van der Waals surface area contributed by atoms with Gasteiger partial charge in [-0.05, 0) is 67.7 Å². The van der Waals surface area contributed by atoms with Crippen LogP contribution in [0.25, 0.3) is 0 Å². The molecule has 0 radical (unpaired) electrons. The number of anilines is 2. The first-order valence-corrected chi connectivity index (χ1v) is 10.1. The van der Waals surface area contributed by atoms with Crippen LogP contribution in [0.2, 0.25) is 0 Å². The number of sulfonamides is 1. The molecular weight excluding hydrogens is 382 g/mol. The monoisotopic (exact) mass is 401 g/mol. The SMILES string of the molecule is Cc1ccc(S(=O)(=O)Nc2ccc(NC(=S)NCc3ccco3)cc2)cc1. The van der Waals surface area contributed by atoms with E-state index >= 15 is 0 Å². The molecule has 140 valence electrons. The highest BCUT2D eigenvalue weighted by atomic mass is 32.2. The Kier molecular flexibility index (Phi) is 5.78. The Balaban J connectivity index is 1.58. The molecule has 0 amide bonds. The van der Waals surface area contributed by atoms with Gasteiger partial charge in [0.05, 0.1) is 17.7 Å². The fourth-order valence-electron chi connectivity index (χ4n) is 2.31. The molecule has 2 aromatic carbocycles. The van der Waals surface area contributed by atoms with E-state index in [-0.39, 0.29) is 4.90 Å². The molecule has 0 saturated heterocycles. The van der Waals surface area contributed by atoms with Gasteiger partial charge in [0, 0.05) is 11.4 Å². The van der Waals surface area contributed by atoms with Crippen LogP contribution in [-0.2, 0) is 16.6 Å². The number of hydrogen-bond donors (Lipinski definition) is 3. The maximum atomic E-state index is 12.4. The van der Waals surface area contributed by atoms with Crippen LogP contribution in [0.15, 0.2) is 76.2 Å². The molecule has 0 fully saturated rings. The van der Waals surface area contributed by atoms with Crippen LogP contribution in [0.3, 0.4) is 0 Å². The zero-order valence-electron chi connectivity index (χ0n) is 14.6. The van der Waals surface area contributed by atoms with Crippen LogP contribution < -0.4 is 15.4 Å². The van der Waals surface area contributed by atoms with E-state index in [9.17, 15) is 8.42 Å². The van der Waals surface area contributed by atoms with Crippen molar-refractivity contribution < 1.29 is 12.8 Å². The Morgan fingerprint density at radius 2 is 1.67 bits per heavy atom. The lowest BCUT2D eigenvalue weighted by Gasteiger charge is -2.11. The zero-order chi connectivity index (χ0) is 19.3. The lowest BCUT2D eigenvalue weighted by molar-refractivity contribution is 0.503. The summed E-state index contributed by atoms with van der Waals surface area (Å²) in [6, 6.07) is 17.2. The third-order valence-electron chi connectivity index (χ3n) is 3.73. The molecule has 6 nitrogen and oxygen atoms in total. The molecule has 1 aromatic heterocycles. The van der Waals surface area contributed by atoms with Crippen molar-refractivity contribution in [3.05, 3.63) is 78.3 Å². The first-order valence-electron chi connectivity index (χ1n) is 8.19. The summed E-state index contributed by atoms with van der Waals surface area (Å²) in [5.74, 6) is 0.778. The van der Waals surface area contributed by atoms with Gasteiger partial charge < -0.3 is 15.1 Å². The first-order chi connectivity index (χ1) is 12.9. The summed E-state index contributed by atoms with van der Waals surface area (Å²) in [4.78, 5) is 0.221. The van der Waals surface area contributed by atoms with Crippen molar-refractivity contribution in [2.45, 2.75) is 18.4 Å². The molecule has 0 saturated carbocycles. The van der Waals surface area contributed by atoms with Gasteiger partial charge in [-0.1, -0.05) is 17.7 Å². The Morgan fingerprint density at radius 1 is 1.00 bits per heavy atom. The molecule has 0 spiro atoms. The zero-order valence-corrected chi connectivity index (χ0v) is 16.2. The van der Waals surface area contributed by atoms with Gasteiger partial charge in [0.1, 0.15) is 5.76 Å². The predicted molar refractivity (Wildman–Crippen MR) is 110 cm³/mol. The summed E-state index contributed by atoms with van der Waals surface area (Å²) in [6.45, 7) is 2.39. The van der Waals surface area contributed by atoms with Crippen molar-refractivity contribution in [3.63, 3.8) is 0 Å². The minimum Gasteiger partial charge on any atom is -0.467 e. The Bertz CT molecular complexity index is 997. The minimum atomic E-state index is -3.62. The fraction of sp³-hybridized carbons (Fsp3) is 0.105. The van der Waals surface area contributed by atoms with Crippen molar-refractivity contribution in [3.8, 4) is 0 Å². The molecule has 3 rings (SSSR count). The second-order valence-corrected chi connectivity index (χ2v) is 7.97. The van der Waals surface area contributed by atoms with Gasteiger partial charge in [-0.2, -0.15) is 0 Å². The van der Waals surface area contributed by atoms with Crippen molar-refractivity contribution in [2.24, 2.45) is 0 Å². The second kappa shape index (κ2) is 8.24. The highest BCUT2D eigenvalue weighted by Crippen LogP contribution is 2.18. The Morgan fingerprint density at radius 3 is 2.30 bits per heavy atom. The van der Waals surface area contributed by atoms with E-state index in [1.54, 1.807) is 54.8 Å². The van der Waals surface area contributed by atoms with Gasteiger partial charge in [0.25, 0.3) is 10.0 Å². The molecule has 0 aliphatic rings. The summed E-state index contributed by atoms with van der Waals surface area (Å²) in [5.41, 5.74) is 2.21. The molecule has 8 heteroatoms. The number of thiocarbonyl (C=S) groups is 1. The summed E-state index contributed by atoms with van der Waals surface area (Å²) in [6.07, 6.45) is 1.60. The van der Waals surface area contributed by atoms with Gasteiger partial charge in [0.15, 0.2) is 5.11 Å². The van der Waals surface area contributed by atoms with Gasteiger partial charge in [-0.15, -0.1) is 0 Å². The lowest BCUT2D eigenvalue weighted by atomic mass is 10.2. The average Bonchev–Trinajstić information content (AvgIpc) is 3.15. The molecule has 3 N–H and O–H groups in total. The molecule has 0 aliphatic carbocycles. The van der Waals surface area contributed by atoms with Gasteiger partial charge in [-0.25, -0.2) is 8.42 Å². The maximum Gasteiger partial charge on any atom is 0.261 e. The molecule has 27 heavy (non-hydrogen) atoms. The van der Waals surface area contributed by atoms with Crippen molar-refractivity contribution in [1.82, 2.24) is 5.32 Å². The van der Waals surface area contributed by atoms with Gasteiger partial charge >= 0.3 is 0 Å². The lowest BCUT2D eigenvalue weighted by Crippen LogP contribution is -2.27. The van der Waals surface area contributed by atoms with E-state index in [4.69, 9.17) is 16.6 Å². The summed E-state index contributed by atoms with van der Waals surface area (Å²) in [5, 5.41) is 6.51. The average molecular weight is 402 g/mol. The fourth-order valence-corrected chi connectivity index (χ4v) is 3.56. The van der Waals surface area contributed by atoms with E-state index in [1.165, 1.54) is 0 Å². The Labute approximate surface area is 163 Å². The van der Waals surface area contributed by atoms with E-state index in [0.29, 0.717) is 17.3 Å². The second-order valence-electron chi connectivity index (χ2n) is 5.88. The smallest absolute Gasteiger partial charge is 0.261 e. The minimum absolute atomic E-state index is 0.221. The van der Waals surface area contributed by atoms with Crippen LogP contribution in [0.4, 0.5) is 11.4 Å². The highest BCUT2D eigenvalue weighted by Gasteiger charge is 2.13. The van der Waals surface area contributed by atoms with E-state index < -0.39 is 10.0 Å². The van der Waals surface area contributed by atoms with Crippen molar-refractivity contribution >= 4 is 38.7 Å². The van der Waals surface area contributed by atoms with Crippen LogP contribution in [-0.4, -0.2) is 13.5 Å². The van der Waals surface area contributed by atoms with E-state index in [2.05, 4.69) is 15.4 Å². The molecule has 0 aliphatic heterocycles. The molecule has 3 aromatic rings. The number of benzene rings is 2. The third-order valence-corrected chi connectivity index (χ3v) is 5.37. The first kappa shape index (κ1) is 18.9. The standard InChI is InChI=1S/C19H19N3O3S2/c1-14-4-10-18(11-5-14)27(23,24)22-16-8-6-15(7-9-16)21-19(26)20-13-17-3-2-12-25-17/h2-12,22H,13H2,1H3,(H2,20,21,26). The van der Waals surface area contributed by atoms with Crippen molar-refractivity contribution in [1.29, 1.82) is 0 Å².